The van der Waals surface area contributed by atoms with Crippen LogP contribution < -0.4 is 10.6 Å². The van der Waals surface area contributed by atoms with Crippen LogP contribution >= 0.6 is 0 Å². The average Bonchev–Trinajstić information content (AvgIpc) is 3.14. The molecule has 0 saturated carbocycles. The van der Waals surface area contributed by atoms with E-state index in [1.54, 1.807) is 0 Å². The number of anilines is 2. The zero-order valence-corrected chi connectivity index (χ0v) is 17.0. The summed E-state index contributed by atoms with van der Waals surface area (Å²) in [6.07, 6.45) is -1.59. The normalized spacial score (nSPS) is 16.0. The number of morpholine rings is 1. The molecule has 1 aromatic carbocycles. The van der Waals surface area contributed by atoms with Gasteiger partial charge in [-0.2, -0.15) is 18.3 Å². The van der Waals surface area contributed by atoms with Crippen molar-refractivity contribution in [2.45, 2.75) is 19.6 Å². The van der Waals surface area contributed by atoms with E-state index in [2.05, 4.69) is 20.6 Å². The molecule has 3 rings (SSSR count). The molecule has 31 heavy (non-hydrogen) atoms. The first-order chi connectivity index (χ1) is 14.7. The Bertz CT molecular complexity index is 909. The zero-order valence-electron chi connectivity index (χ0n) is 17.0. The largest absolute Gasteiger partial charge is 0.416 e. The van der Waals surface area contributed by atoms with Gasteiger partial charge in [0.2, 0.25) is 11.8 Å². The van der Waals surface area contributed by atoms with Crippen molar-refractivity contribution in [3.63, 3.8) is 0 Å². The number of amides is 2. The van der Waals surface area contributed by atoms with Crippen LogP contribution in [0.4, 0.5) is 24.5 Å². The van der Waals surface area contributed by atoms with Crippen LogP contribution in [-0.2, 0) is 27.0 Å². The van der Waals surface area contributed by atoms with Crippen LogP contribution in [0.5, 0.6) is 0 Å². The molecule has 168 valence electrons. The second kappa shape index (κ2) is 9.92. The summed E-state index contributed by atoms with van der Waals surface area (Å²) in [7, 11) is 0. The number of nitrogens with zero attached hydrogens (tertiary/aromatic N) is 3. The molecule has 2 aromatic rings. The molecule has 1 atom stereocenters. The van der Waals surface area contributed by atoms with E-state index in [1.807, 2.05) is 6.92 Å². The minimum atomic E-state index is -4.49. The van der Waals surface area contributed by atoms with E-state index >= 15 is 0 Å². The van der Waals surface area contributed by atoms with E-state index < -0.39 is 17.6 Å². The van der Waals surface area contributed by atoms with Gasteiger partial charge in [-0.05, 0) is 18.2 Å². The molecule has 0 bridgehead atoms. The molecule has 1 aliphatic rings. The number of halogens is 3. The first-order valence-corrected chi connectivity index (χ1v) is 9.81. The summed E-state index contributed by atoms with van der Waals surface area (Å²) in [5.41, 5.74) is -0.372. The predicted molar refractivity (Wildman–Crippen MR) is 107 cm³/mol. The van der Waals surface area contributed by atoms with E-state index in [9.17, 15) is 22.8 Å². The highest BCUT2D eigenvalue weighted by molar-refractivity contribution is 5.92. The Kier molecular flexibility index (Phi) is 7.29. The number of nitrogens with one attached hydrogen (secondary N) is 2. The molecular weight excluding hydrogens is 415 g/mol. The van der Waals surface area contributed by atoms with Crippen LogP contribution in [0.15, 0.2) is 36.7 Å². The van der Waals surface area contributed by atoms with E-state index in [0.29, 0.717) is 25.4 Å². The first kappa shape index (κ1) is 22.8. The molecule has 0 radical (unpaired) electrons. The highest BCUT2D eigenvalue weighted by Crippen LogP contribution is 2.30. The fourth-order valence-electron chi connectivity index (χ4n) is 3.15. The molecule has 0 aliphatic carbocycles. The summed E-state index contributed by atoms with van der Waals surface area (Å²) >= 11 is 0. The van der Waals surface area contributed by atoms with Crippen LogP contribution in [0.2, 0.25) is 0 Å². The van der Waals surface area contributed by atoms with Gasteiger partial charge in [0.1, 0.15) is 6.54 Å². The van der Waals surface area contributed by atoms with Crippen molar-refractivity contribution in [3.05, 3.63) is 42.2 Å². The molecule has 2 heterocycles. The maximum absolute atomic E-state index is 12.8. The lowest BCUT2D eigenvalue weighted by atomic mass is 10.1. The summed E-state index contributed by atoms with van der Waals surface area (Å²) in [6, 6.07) is 4.39. The minimum absolute atomic E-state index is 0.0393. The third-order valence-corrected chi connectivity index (χ3v) is 4.76. The van der Waals surface area contributed by atoms with E-state index in [4.69, 9.17) is 4.74 Å². The molecule has 1 saturated heterocycles. The van der Waals surface area contributed by atoms with Gasteiger partial charge in [-0.25, -0.2) is 0 Å². The highest BCUT2D eigenvalue weighted by Gasteiger charge is 2.30. The second-order valence-electron chi connectivity index (χ2n) is 7.36. The Labute approximate surface area is 177 Å². The monoisotopic (exact) mass is 439 g/mol. The van der Waals surface area contributed by atoms with Crippen molar-refractivity contribution < 1.29 is 27.5 Å². The number of rotatable bonds is 7. The van der Waals surface area contributed by atoms with Gasteiger partial charge in [0.25, 0.3) is 0 Å². The lowest BCUT2D eigenvalue weighted by molar-refractivity contribution is -0.137. The van der Waals surface area contributed by atoms with Gasteiger partial charge >= 0.3 is 6.18 Å². The average molecular weight is 439 g/mol. The lowest BCUT2D eigenvalue weighted by Gasteiger charge is -2.28. The fourth-order valence-corrected chi connectivity index (χ4v) is 3.15. The van der Waals surface area contributed by atoms with E-state index in [-0.39, 0.29) is 24.1 Å². The maximum Gasteiger partial charge on any atom is 0.416 e. The third kappa shape index (κ3) is 6.79. The molecule has 1 fully saturated rings. The molecule has 11 heteroatoms. The Morgan fingerprint density at radius 1 is 1.19 bits per heavy atom. The summed E-state index contributed by atoms with van der Waals surface area (Å²) in [5.74, 6) is -0.953. The molecule has 0 spiro atoms. The third-order valence-electron chi connectivity index (χ3n) is 4.76. The van der Waals surface area contributed by atoms with Crippen molar-refractivity contribution in [3.8, 4) is 0 Å². The Morgan fingerprint density at radius 3 is 2.65 bits per heavy atom. The molecule has 2 N–H and O–H groups in total. The summed E-state index contributed by atoms with van der Waals surface area (Å²) in [4.78, 5) is 26.7. The van der Waals surface area contributed by atoms with Crippen molar-refractivity contribution in [1.29, 1.82) is 0 Å². The van der Waals surface area contributed by atoms with Gasteiger partial charge in [-0.1, -0.05) is 13.0 Å². The molecule has 1 aliphatic heterocycles. The van der Waals surface area contributed by atoms with E-state index in [0.717, 1.165) is 25.2 Å². The number of ether oxygens (including phenoxy) is 1. The van der Waals surface area contributed by atoms with Crippen molar-refractivity contribution >= 4 is 23.2 Å². The van der Waals surface area contributed by atoms with Crippen molar-refractivity contribution in [2.24, 2.45) is 5.92 Å². The number of hydrogen-bond donors (Lipinski definition) is 2. The van der Waals surface area contributed by atoms with E-state index in [1.165, 1.54) is 29.2 Å². The van der Waals surface area contributed by atoms with Gasteiger partial charge in [0.15, 0.2) is 0 Å². The van der Waals surface area contributed by atoms with Gasteiger partial charge < -0.3 is 15.4 Å². The van der Waals surface area contributed by atoms with Crippen LogP contribution in [0.1, 0.15) is 12.5 Å². The minimum Gasteiger partial charge on any atom is -0.379 e. The van der Waals surface area contributed by atoms with Gasteiger partial charge in [-0.3, -0.25) is 19.2 Å². The Balaban J connectivity index is 1.50. The number of carbonyl (C=O) groups excluding carboxylic acids is 2. The standard InChI is InChI=1S/C20H24F3N5O3/c1-14(11-27-5-7-31-8-6-27)19(30)26-17-10-24-28(12-17)13-18(29)25-16-4-2-3-15(9-16)20(21,22)23/h2-4,9-10,12,14H,5-8,11,13H2,1H3,(H,25,29)(H,26,30)/t14-/m0/s1. The number of benzene rings is 1. The number of alkyl halides is 3. The SMILES string of the molecule is C[C@@H](CN1CCOCC1)C(=O)Nc1cnn(CC(=O)Nc2cccc(C(F)(F)F)c2)c1. The number of hydrogen-bond acceptors (Lipinski definition) is 5. The number of carbonyl (C=O) groups is 2. The van der Waals surface area contributed by atoms with Crippen LogP contribution in [-0.4, -0.2) is 59.3 Å². The Hall–Kier alpha value is -2.92. The topological polar surface area (TPSA) is 88.5 Å². The molecule has 1 aromatic heterocycles. The quantitative estimate of drug-likeness (QED) is 0.692. The zero-order chi connectivity index (χ0) is 22.4. The Morgan fingerprint density at radius 2 is 1.94 bits per heavy atom. The molecule has 0 unspecified atom stereocenters. The fraction of sp³-hybridized carbons (Fsp3) is 0.450. The number of aromatic nitrogens is 2. The molecule has 8 nitrogen and oxygen atoms in total. The van der Waals surface area contributed by atoms with Crippen LogP contribution in [0.3, 0.4) is 0 Å². The van der Waals surface area contributed by atoms with Crippen molar-refractivity contribution in [2.75, 3.05) is 43.5 Å². The lowest BCUT2D eigenvalue weighted by Crippen LogP contribution is -2.41. The van der Waals surface area contributed by atoms with Gasteiger partial charge in [0.05, 0.1) is 30.7 Å². The molecule has 2 amide bonds. The summed E-state index contributed by atoms with van der Waals surface area (Å²) in [5, 5.41) is 9.19. The van der Waals surface area contributed by atoms with Gasteiger partial charge in [-0.15, -0.1) is 0 Å². The smallest absolute Gasteiger partial charge is 0.379 e. The molecular formula is C20H24F3N5O3. The second-order valence-corrected chi connectivity index (χ2v) is 7.36. The first-order valence-electron chi connectivity index (χ1n) is 9.81. The van der Waals surface area contributed by atoms with Gasteiger partial charge in [0, 0.05) is 37.4 Å². The van der Waals surface area contributed by atoms with Crippen LogP contribution in [0.25, 0.3) is 0 Å². The maximum atomic E-state index is 12.8. The summed E-state index contributed by atoms with van der Waals surface area (Å²) in [6.45, 7) is 5.12. The summed E-state index contributed by atoms with van der Waals surface area (Å²) < 4.78 is 44.9. The predicted octanol–water partition coefficient (Wildman–Crippen LogP) is 2.45. The van der Waals surface area contributed by atoms with Crippen LogP contribution in [0, 0.1) is 5.92 Å². The van der Waals surface area contributed by atoms with Crippen molar-refractivity contribution in [1.82, 2.24) is 14.7 Å². The highest BCUT2D eigenvalue weighted by atomic mass is 19.4.